The van der Waals surface area contributed by atoms with Crippen LogP contribution in [0.3, 0.4) is 0 Å². The van der Waals surface area contributed by atoms with E-state index in [9.17, 15) is 4.79 Å². The molecule has 1 N–H and O–H groups in total. The Morgan fingerprint density at radius 1 is 1.04 bits per heavy atom. The number of nitrogens with one attached hydrogen (secondary N) is 1. The Morgan fingerprint density at radius 3 is 2.52 bits per heavy atom. The van der Waals surface area contributed by atoms with Gasteiger partial charge in [0.05, 0.1) is 14.2 Å². The summed E-state index contributed by atoms with van der Waals surface area (Å²) in [6.45, 7) is 1.59. The lowest BCUT2D eigenvalue weighted by Gasteiger charge is -2.26. The standard InChI is InChI=1S/C18H22N4O3/c1-24-15-7-6-13(10-16(15)25-2)21-17-11-14(19-12-20-17)18(23)22-8-4-3-5-9-22/h6-7,10-12H,3-5,8-9H2,1-2H3,(H,19,20,21). The topological polar surface area (TPSA) is 76.6 Å². The van der Waals surface area contributed by atoms with E-state index in [0.29, 0.717) is 23.0 Å². The Kier molecular flexibility index (Phi) is 5.33. The number of benzene rings is 1. The van der Waals surface area contributed by atoms with Crippen molar-refractivity contribution in [3.05, 3.63) is 36.3 Å². The molecule has 1 aromatic heterocycles. The number of carbonyl (C=O) groups is 1. The maximum Gasteiger partial charge on any atom is 0.272 e. The van der Waals surface area contributed by atoms with E-state index in [1.165, 1.54) is 12.7 Å². The number of methoxy groups -OCH3 is 2. The van der Waals surface area contributed by atoms with E-state index in [-0.39, 0.29) is 5.91 Å². The fourth-order valence-corrected chi connectivity index (χ4v) is 2.86. The molecule has 1 saturated heterocycles. The number of rotatable bonds is 5. The molecule has 1 aliphatic heterocycles. The van der Waals surface area contributed by atoms with Crippen LogP contribution in [0.15, 0.2) is 30.6 Å². The van der Waals surface area contributed by atoms with Crippen molar-refractivity contribution in [2.24, 2.45) is 0 Å². The van der Waals surface area contributed by atoms with Crippen molar-refractivity contribution in [1.29, 1.82) is 0 Å². The molecule has 1 fully saturated rings. The van der Waals surface area contributed by atoms with Gasteiger partial charge in [-0.15, -0.1) is 0 Å². The SMILES string of the molecule is COc1ccc(Nc2cc(C(=O)N3CCCCC3)ncn2)cc1OC. The van der Waals surface area contributed by atoms with E-state index in [2.05, 4.69) is 15.3 Å². The van der Waals surface area contributed by atoms with Crippen LogP contribution in [0.4, 0.5) is 11.5 Å². The second-order valence-corrected chi connectivity index (χ2v) is 5.84. The number of nitrogens with zero attached hydrogens (tertiary/aromatic N) is 3. The maximum atomic E-state index is 12.6. The first-order chi connectivity index (χ1) is 12.2. The van der Waals surface area contributed by atoms with Crippen molar-refractivity contribution in [2.75, 3.05) is 32.6 Å². The molecule has 2 heterocycles. The normalized spacial score (nSPS) is 14.1. The lowest BCUT2D eigenvalue weighted by molar-refractivity contribution is 0.0718. The molecule has 7 heteroatoms. The van der Waals surface area contributed by atoms with Crippen LogP contribution in [0, 0.1) is 0 Å². The van der Waals surface area contributed by atoms with E-state index < -0.39 is 0 Å². The van der Waals surface area contributed by atoms with Gasteiger partial charge in [0.1, 0.15) is 17.8 Å². The minimum absolute atomic E-state index is 0.0440. The summed E-state index contributed by atoms with van der Waals surface area (Å²) < 4.78 is 10.5. The fraction of sp³-hybridized carbons (Fsp3) is 0.389. The van der Waals surface area contributed by atoms with Gasteiger partial charge in [-0.25, -0.2) is 9.97 Å². The Balaban J connectivity index is 1.76. The Labute approximate surface area is 147 Å². The number of ether oxygens (including phenoxy) is 2. The summed E-state index contributed by atoms with van der Waals surface area (Å²) in [5.41, 5.74) is 1.19. The summed E-state index contributed by atoms with van der Waals surface area (Å²) in [7, 11) is 3.18. The third-order valence-corrected chi connectivity index (χ3v) is 4.19. The minimum atomic E-state index is -0.0440. The zero-order valence-electron chi connectivity index (χ0n) is 14.5. The van der Waals surface area contributed by atoms with Crippen LogP contribution in [0.2, 0.25) is 0 Å². The molecule has 0 bridgehead atoms. The molecule has 132 valence electrons. The molecule has 3 rings (SSSR count). The van der Waals surface area contributed by atoms with Gasteiger partial charge < -0.3 is 19.7 Å². The lowest BCUT2D eigenvalue weighted by atomic mass is 10.1. The third kappa shape index (κ3) is 3.99. The molecule has 0 spiro atoms. The van der Waals surface area contributed by atoms with Gasteiger partial charge >= 0.3 is 0 Å². The fourth-order valence-electron chi connectivity index (χ4n) is 2.86. The van der Waals surface area contributed by atoms with Crippen LogP contribution in [0.1, 0.15) is 29.8 Å². The largest absolute Gasteiger partial charge is 0.493 e. The summed E-state index contributed by atoms with van der Waals surface area (Å²) in [4.78, 5) is 22.7. The van der Waals surface area contributed by atoms with E-state index in [1.54, 1.807) is 20.3 Å². The molecular weight excluding hydrogens is 320 g/mol. The van der Waals surface area contributed by atoms with E-state index in [4.69, 9.17) is 9.47 Å². The highest BCUT2D eigenvalue weighted by Crippen LogP contribution is 2.30. The quantitative estimate of drug-likeness (QED) is 0.900. The predicted molar refractivity (Wildman–Crippen MR) is 94.6 cm³/mol. The highest BCUT2D eigenvalue weighted by Gasteiger charge is 2.19. The van der Waals surface area contributed by atoms with Crippen molar-refractivity contribution in [3.63, 3.8) is 0 Å². The third-order valence-electron chi connectivity index (χ3n) is 4.19. The Morgan fingerprint density at radius 2 is 1.80 bits per heavy atom. The van der Waals surface area contributed by atoms with Gasteiger partial charge in [-0.3, -0.25) is 4.79 Å². The molecule has 0 radical (unpaired) electrons. The summed E-state index contributed by atoms with van der Waals surface area (Å²) in [5.74, 6) is 1.78. The number of hydrogen-bond donors (Lipinski definition) is 1. The van der Waals surface area contributed by atoms with Crippen molar-refractivity contribution in [1.82, 2.24) is 14.9 Å². The maximum absolute atomic E-state index is 12.6. The second kappa shape index (κ2) is 7.83. The van der Waals surface area contributed by atoms with Gasteiger partial charge in [-0.05, 0) is 31.4 Å². The number of carbonyl (C=O) groups excluding carboxylic acids is 1. The lowest BCUT2D eigenvalue weighted by Crippen LogP contribution is -2.36. The van der Waals surface area contributed by atoms with Crippen molar-refractivity contribution >= 4 is 17.4 Å². The summed E-state index contributed by atoms with van der Waals surface area (Å²) >= 11 is 0. The first-order valence-corrected chi connectivity index (χ1v) is 8.31. The zero-order valence-corrected chi connectivity index (χ0v) is 14.5. The molecular formula is C18H22N4O3. The number of aromatic nitrogens is 2. The van der Waals surface area contributed by atoms with Crippen LogP contribution in [0.25, 0.3) is 0 Å². The minimum Gasteiger partial charge on any atom is -0.493 e. The summed E-state index contributed by atoms with van der Waals surface area (Å²) in [5, 5.41) is 3.17. The molecule has 2 aromatic rings. The van der Waals surface area contributed by atoms with Crippen LogP contribution in [-0.4, -0.2) is 48.1 Å². The average Bonchev–Trinajstić information content (AvgIpc) is 2.68. The van der Waals surface area contributed by atoms with Crippen LogP contribution >= 0.6 is 0 Å². The van der Waals surface area contributed by atoms with E-state index >= 15 is 0 Å². The van der Waals surface area contributed by atoms with Crippen LogP contribution in [0.5, 0.6) is 11.5 Å². The van der Waals surface area contributed by atoms with Gasteiger partial charge in [0.2, 0.25) is 0 Å². The molecule has 0 aliphatic carbocycles. The van der Waals surface area contributed by atoms with Crippen molar-refractivity contribution in [2.45, 2.75) is 19.3 Å². The molecule has 0 unspecified atom stereocenters. The highest BCUT2D eigenvalue weighted by molar-refractivity contribution is 5.93. The predicted octanol–water partition coefficient (Wildman–Crippen LogP) is 2.86. The van der Waals surface area contributed by atoms with E-state index in [0.717, 1.165) is 31.6 Å². The molecule has 0 saturated carbocycles. The Hall–Kier alpha value is -2.83. The number of piperidine rings is 1. The molecule has 0 atom stereocenters. The average molecular weight is 342 g/mol. The monoisotopic (exact) mass is 342 g/mol. The van der Waals surface area contributed by atoms with Gasteiger partial charge in [-0.1, -0.05) is 0 Å². The molecule has 1 amide bonds. The smallest absolute Gasteiger partial charge is 0.272 e. The number of amides is 1. The number of anilines is 2. The first kappa shape index (κ1) is 17.0. The van der Waals surface area contributed by atoms with Gasteiger partial charge in [0.25, 0.3) is 5.91 Å². The molecule has 1 aliphatic rings. The second-order valence-electron chi connectivity index (χ2n) is 5.84. The molecule has 1 aromatic carbocycles. The van der Waals surface area contributed by atoms with Crippen LogP contribution in [-0.2, 0) is 0 Å². The van der Waals surface area contributed by atoms with Crippen molar-refractivity contribution < 1.29 is 14.3 Å². The highest BCUT2D eigenvalue weighted by atomic mass is 16.5. The zero-order chi connectivity index (χ0) is 17.6. The molecule has 25 heavy (non-hydrogen) atoms. The Bertz CT molecular complexity index is 745. The van der Waals surface area contributed by atoms with Gasteiger partial charge in [-0.2, -0.15) is 0 Å². The first-order valence-electron chi connectivity index (χ1n) is 8.31. The summed E-state index contributed by atoms with van der Waals surface area (Å²) in [6, 6.07) is 7.15. The van der Waals surface area contributed by atoms with Crippen molar-refractivity contribution in [3.8, 4) is 11.5 Å². The van der Waals surface area contributed by atoms with Gasteiger partial charge in [0, 0.05) is 30.9 Å². The number of hydrogen-bond acceptors (Lipinski definition) is 6. The summed E-state index contributed by atoms with van der Waals surface area (Å²) in [6.07, 6.45) is 4.68. The van der Waals surface area contributed by atoms with Gasteiger partial charge in [0.15, 0.2) is 11.5 Å². The van der Waals surface area contributed by atoms with E-state index in [1.807, 2.05) is 23.1 Å². The number of likely N-dealkylation sites (tertiary alicyclic amines) is 1. The van der Waals surface area contributed by atoms with Crippen LogP contribution < -0.4 is 14.8 Å². The molecule has 7 nitrogen and oxygen atoms in total.